The molecule has 8 heteroatoms. The summed E-state index contributed by atoms with van der Waals surface area (Å²) in [5, 5.41) is 5.41. The Bertz CT molecular complexity index is 9200. The summed E-state index contributed by atoms with van der Waals surface area (Å²) in [5.41, 5.74) is 19.2. The smallest absolute Gasteiger partial charge is 0.252 e. The van der Waals surface area contributed by atoms with Crippen LogP contribution in [0.5, 0.6) is 0 Å². The first-order valence-electron chi connectivity index (χ1n) is 49.0. The highest BCUT2D eigenvalue weighted by Gasteiger charge is 2.47. The fourth-order valence-corrected chi connectivity index (χ4v) is 19.7. The van der Waals surface area contributed by atoms with E-state index < -0.39 is 65.9 Å². The van der Waals surface area contributed by atoms with Crippen LogP contribution in [0.2, 0.25) is 0 Å². The second-order valence-corrected chi connectivity index (χ2v) is 34.6. The van der Waals surface area contributed by atoms with Crippen LogP contribution in [0.25, 0.3) is 188 Å². The molecular weight excluding hydrogens is 1510 g/mol. The zero-order valence-electron chi connectivity index (χ0n) is 82.4. The SMILES string of the molecule is [2H]c1c([2H])c([2H])c2c(c1[2H])c1c([2H])c(-c3ccccc3)c([2H])c([2H])c1n2-c1ccc2c(c1)N(c1c(-c3ccccc3)cc(C(C)(C)C)cc1-c1cccc3c1oc1ccccc13)c1cc(C(C)(C)C)cc3c1B2c1ccc(-n2c4c([2H])c([2H])c([2H])c([2H])c4c4c([2H])c(-c5ccccc5)c([2H])c([2H])c42)cc1N3c1c(-c2cccc3oc4ccccc4c23)cccc1-c1cccc2oc3ccccc3c12. The van der Waals surface area contributed by atoms with Crippen LogP contribution in [0.1, 0.15) is 71.9 Å². The van der Waals surface area contributed by atoms with Gasteiger partial charge in [0, 0.05) is 116 Å². The van der Waals surface area contributed by atoms with Gasteiger partial charge in [0.1, 0.15) is 33.5 Å². The maximum absolute atomic E-state index is 10.5. The Kier molecular flexibility index (Phi) is 12.8. The molecule has 2 aliphatic rings. The number of para-hydroxylation sites is 7. The lowest BCUT2D eigenvalue weighted by atomic mass is 9.33. The highest BCUT2D eigenvalue weighted by Crippen LogP contribution is 2.58. The number of rotatable bonds is 10. The average Bonchev–Trinajstić information content (AvgIpc) is 0.995. The van der Waals surface area contributed by atoms with Crippen molar-refractivity contribution in [3.8, 4) is 78.1 Å². The summed E-state index contributed by atoms with van der Waals surface area (Å²) in [4.78, 5) is 4.75. The third kappa shape index (κ3) is 10.8. The van der Waals surface area contributed by atoms with Gasteiger partial charge in [-0.1, -0.05) is 308 Å². The zero-order chi connectivity index (χ0) is 94.7. The average molecular weight is 1600 g/mol. The number of anilines is 6. The largest absolute Gasteiger partial charge is 0.456 e. The molecule has 23 aromatic rings. The van der Waals surface area contributed by atoms with Crippen molar-refractivity contribution in [2.45, 2.75) is 52.4 Å². The normalized spacial score (nSPS) is 14.5. The third-order valence-electron chi connectivity index (χ3n) is 25.5. The second-order valence-electron chi connectivity index (χ2n) is 34.6. The number of nitrogens with zero attached hydrogens (tertiary/aromatic N) is 4. The molecule has 586 valence electrons. The van der Waals surface area contributed by atoms with E-state index in [0.717, 1.165) is 110 Å². The predicted octanol–water partition coefficient (Wildman–Crippen LogP) is 30.3. The summed E-state index contributed by atoms with van der Waals surface area (Å²) in [6, 6.07) is 93.4. The maximum Gasteiger partial charge on any atom is 0.252 e. The predicted molar refractivity (Wildman–Crippen MR) is 521 cm³/mol. The van der Waals surface area contributed by atoms with E-state index in [1.165, 1.54) is 0 Å². The molecule has 0 saturated carbocycles. The van der Waals surface area contributed by atoms with Gasteiger partial charge in [0.25, 0.3) is 6.71 Å². The molecule has 0 saturated heterocycles. The maximum atomic E-state index is 10.5. The number of fused-ring (bicyclic) bond motifs is 19. The van der Waals surface area contributed by atoms with Crippen molar-refractivity contribution in [1.29, 1.82) is 0 Å². The highest BCUT2D eigenvalue weighted by molar-refractivity contribution is 7.00. The fraction of sp³-hybridized carbons (Fsp3) is 0.0690. The lowest BCUT2D eigenvalue weighted by Gasteiger charge is -2.46. The summed E-state index contributed by atoms with van der Waals surface area (Å²) in [7, 11) is 0. The van der Waals surface area contributed by atoms with E-state index >= 15 is 0 Å². The van der Waals surface area contributed by atoms with Crippen LogP contribution in [0.3, 0.4) is 0 Å². The first-order chi connectivity index (χ1) is 66.6. The number of benzene rings is 18. The number of hydrogen-bond donors (Lipinski definition) is 0. The quantitative estimate of drug-likeness (QED) is 0.128. The van der Waals surface area contributed by atoms with E-state index in [2.05, 4.69) is 167 Å². The van der Waals surface area contributed by atoms with E-state index in [1.54, 1.807) is 57.7 Å². The van der Waals surface area contributed by atoms with E-state index in [4.69, 9.17) is 13.3 Å². The minimum atomic E-state index is -0.843. The standard InChI is InChI=1S/C116H81BN4O3/c1-115(2,3)75-64-90(72-34-14-9-15-35-72)113(93(65-75)87-46-27-45-86-81-38-18-23-49-104(81)124-114(86)87)121-101-69-78(119-97-48-22-17-37-80(97)92-63-74(55-61-99(92)119)71-32-12-8-13-33-71)57-59-95(101)117-94-58-56-77(118-96-47-21-16-36-79(96)91-62-73(54-60-98(91)118)70-30-10-7-11-31-70)68-100(94)120(102-66-76(116(4,5)6)67-103(121)111(102)117)112-84(82-41-28-52-107-109(82)88-39-19-24-50-105(88)122-107)43-26-44-85(112)83-42-29-53-108-110(83)89-40-20-25-51-106(89)123-108/h7-69H,1-6H3/i16D,17D,21D,22D,36D,37D,47D,48D,54D,55D,60D,61D,62D,63D. The van der Waals surface area contributed by atoms with Gasteiger partial charge < -0.3 is 32.2 Å². The summed E-state index contributed by atoms with van der Waals surface area (Å²) in [6.07, 6.45) is 0. The molecule has 7 nitrogen and oxygen atoms in total. The van der Waals surface area contributed by atoms with Gasteiger partial charge in [-0.3, -0.25) is 0 Å². The van der Waals surface area contributed by atoms with Crippen molar-refractivity contribution in [2.75, 3.05) is 9.80 Å². The summed E-state index contributed by atoms with van der Waals surface area (Å²) in [5.74, 6) is 0. The van der Waals surface area contributed by atoms with E-state index in [-0.39, 0.29) is 91.0 Å². The van der Waals surface area contributed by atoms with Crippen molar-refractivity contribution in [3.63, 3.8) is 0 Å². The van der Waals surface area contributed by atoms with E-state index in [9.17, 15) is 19.2 Å². The second kappa shape index (κ2) is 27.1. The molecule has 0 spiro atoms. The highest BCUT2D eigenvalue weighted by atomic mass is 16.3. The molecular formula is C116H81BN4O3. The van der Waals surface area contributed by atoms with Crippen molar-refractivity contribution < 1.29 is 32.4 Å². The Morgan fingerprint density at radius 3 is 1.19 bits per heavy atom. The first-order valence-corrected chi connectivity index (χ1v) is 42.0. The molecule has 0 atom stereocenters. The molecule has 2 aliphatic heterocycles. The van der Waals surface area contributed by atoms with Crippen molar-refractivity contribution in [2.24, 2.45) is 0 Å². The van der Waals surface area contributed by atoms with Gasteiger partial charge in [-0.25, -0.2) is 0 Å². The van der Waals surface area contributed by atoms with Gasteiger partial charge in [0.2, 0.25) is 0 Å². The summed E-state index contributed by atoms with van der Waals surface area (Å²) < 4.78 is 165. The Balaban J connectivity index is 0.893. The Morgan fingerprint density at radius 2 is 0.669 bits per heavy atom. The molecule has 124 heavy (non-hydrogen) atoms. The lowest BCUT2D eigenvalue weighted by Crippen LogP contribution is -2.61. The molecule has 0 fully saturated rings. The monoisotopic (exact) mass is 1600 g/mol. The molecule has 0 amide bonds. The minimum absolute atomic E-state index is 0.00360. The third-order valence-corrected chi connectivity index (χ3v) is 25.5. The molecule has 25 rings (SSSR count). The topological polar surface area (TPSA) is 55.8 Å². The van der Waals surface area contributed by atoms with Crippen LogP contribution in [0.4, 0.5) is 34.1 Å². The number of hydrogen-bond acceptors (Lipinski definition) is 5. The van der Waals surface area contributed by atoms with Gasteiger partial charge in [0.15, 0.2) is 0 Å². The van der Waals surface area contributed by atoms with Crippen molar-refractivity contribution in [1.82, 2.24) is 9.13 Å². The molecule has 0 aliphatic carbocycles. The van der Waals surface area contributed by atoms with Gasteiger partial charge >= 0.3 is 0 Å². The Hall–Kier alpha value is -15.4. The number of furan rings is 3. The first kappa shape index (κ1) is 58.5. The van der Waals surface area contributed by atoms with Crippen LogP contribution < -0.4 is 26.2 Å². The number of aromatic nitrogens is 2. The molecule has 18 aromatic carbocycles. The van der Waals surface area contributed by atoms with Gasteiger partial charge in [0.05, 0.1) is 52.6 Å². The van der Waals surface area contributed by atoms with Crippen LogP contribution in [0, 0.1) is 0 Å². The minimum Gasteiger partial charge on any atom is -0.456 e. The molecule has 0 unspecified atom stereocenters. The Labute approximate surface area is 737 Å². The van der Waals surface area contributed by atoms with Crippen LogP contribution in [-0.2, 0) is 10.8 Å². The van der Waals surface area contributed by atoms with Gasteiger partial charge in [-0.2, -0.15) is 0 Å². The van der Waals surface area contributed by atoms with Gasteiger partial charge in [-0.15, -0.1) is 0 Å². The zero-order valence-corrected chi connectivity index (χ0v) is 68.4. The molecule has 0 radical (unpaired) electrons. The molecule has 7 heterocycles. The van der Waals surface area contributed by atoms with Crippen LogP contribution in [-0.4, -0.2) is 15.8 Å². The fourth-order valence-electron chi connectivity index (χ4n) is 19.7. The summed E-state index contributed by atoms with van der Waals surface area (Å²) in [6.45, 7) is 12.4. The van der Waals surface area contributed by atoms with E-state index in [1.807, 2.05) is 133 Å². The van der Waals surface area contributed by atoms with Crippen LogP contribution >= 0.6 is 0 Å². The van der Waals surface area contributed by atoms with Crippen molar-refractivity contribution >= 4 is 167 Å². The van der Waals surface area contributed by atoms with Gasteiger partial charge in [-0.05, 0) is 192 Å². The molecule has 0 bridgehead atoms. The molecule has 0 N–H and O–H groups in total. The van der Waals surface area contributed by atoms with Crippen LogP contribution in [0.15, 0.2) is 395 Å². The van der Waals surface area contributed by atoms with E-state index in [0.29, 0.717) is 84.4 Å². The van der Waals surface area contributed by atoms with Crippen molar-refractivity contribution in [3.05, 3.63) is 393 Å². The summed E-state index contributed by atoms with van der Waals surface area (Å²) >= 11 is 0. The Morgan fingerprint density at radius 1 is 0.274 bits per heavy atom. The molecule has 5 aromatic heterocycles. The lowest BCUT2D eigenvalue weighted by molar-refractivity contribution is 0.590.